The molecule has 0 saturated heterocycles. The summed E-state index contributed by atoms with van der Waals surface area (Å²) in [6.07, 6.45) is 0. The molecule has 0 aromatic carbocycles. The van der Waals surface area contributed by atoms with E-state index >= 15 is 0 Å². The summed E-state index contributed by atoms with van der Waals surface area (Å²) in [5, 5.41) is 7.66. The largest absolute Gasteiger partial charge is 0.332 e. The zero-order valence-corrected chi connectivity index (χ0v) is 20.2. The molecule has 0 aliphatic rings. The summed E-state index contributed by atoms with van der Waals surface area (Å²) in [7, 11) is 8.46. The molecule has 0 N–H and O–H groups in total. The van der Waals surface area contributed by atoms with Gasteiger partial charge in [-0.1, -0.05) is 0 Å². The van der Waals surface area contributed by atoms with Crippen molar-refractivity contribution >= 4 is 34.2 Å². The highest BCUT2D eigenvalue weighted by Crippen LogP contribution is 2.21. The summed E-state index contributed by atoms with van der Waals surface area (Å²) in [5.74, 6) is -0.101. The summed E-state index contributed by atoms with van der Waals surface area (Å²) >= 11 is 0. The molecule has 36 heavy (non-hydrogen) atoms. The van der Waals surface area contributed by atoms with Crippen LogP contribution in [0.25, 0.3) is 22.3 Å². The van der Waals surface area contributed by atoms with Gasteiger partial charge in [0.15, 0.2) is 22.3 Å². The fraction of sp³-hybridized carbons (Fsp3) is 0.444. The molecular weight excluding hydrogens is 480 g/mol. The van der Waals surface area contributed by atoms with Crippen LogP contribution in [0.2, 0.25) is 0 Å². The number of hydrogen-bond donors (Lipinski definition) is 0. The second-order valence-electron chi connectivity index (χ2n) is 8.11. The van der Waals surface area contributed by atoms with Crippen LogP contribution in [-0.2, 0) is 42.3 Å². The van der Waals surface area contributed by atoms with E-state index < -0.39 is 22.5 Å². The van der Waals surface area contributed by atoms with Crippen molar-refractivity contribution in [1.82, 2.24) is 37.4 Å². The minimum atomic E-state index is -0.608. The third-order valence-corrected chi connectivity index (χ3v) is 6.09. The molecule has 4 heterocycles. The van der Waals surface area contributed by atoms with Gasteiger partial charge < -0.3 is 9.13 Å². The molecule has 0 unspecified atom stereocenters. The number of aromatic nitrogens is 8. The van der Waals surface area contributed by atoms with Crippen molar-refractivity contribution < 1.29 is 0 Å². The Morgan fingerprint density at radius 2 is 0.917 bits per heavy atom. The van der Waals surface area contributed by atoms with E-state index in [1.165, 1.54) is 51.4 Å². The number of anilines is 2. The van der Waals surface area contributed by atoms with Crippen LogP contribution < -0.4 is 32.5 Å². The summed E-state index contributed by atoms with van der Waals surface area (Å²) in [4.78, 5) is 81.5. The molecular formula is C18H22N12O6. The van der Waals surface area contributed by atoms with Gasteiger partial charge in [0.2, 0.25) is 11.9 Å². The Bertz CT molecular complexity index is 1670. The minimum Gasteiger partial charge on any atom is -0.306 e. The van der Waals surface area contributed by atoms with Crippen LogP contribution in [0, 0.1) is 9.81 Å². The van der Waals surface area contributed by atoms with E-state index in [4.69, 9.17) is 0 Å². The summed E-state index contributed by atoms with van der Waals surface area (Å²) in [5.41, 5.74) is -2.17. The first-order valence-corrected chi connectivity index (χ1v) is 10.4. The average Bonchev–Trinajstić information content (AvgIpc) is 3.39. The minimum absolute atomic E-state index is 0.0479. The Morgan fingerprint density at radius 3 is 1.22 bits per heavy atom. The molecule has 4 rings (SSSR count). The Hall–Kier alpha value is -4.90. The van der Waals surface area contributed by atoms with Crippen LogP contribution in [0.15, 0.2) is 29.7 Å². The van der Waals surface area contributed by atoms with Crippen molar-refractivity contribution in [2.24, 2.45) is 52.9 Å². The van der Waals surface area contributed by atoms with Gasteiger partial charge in [-0.05, 0) is 0 Å². The number of nitroso groups, excluding NO2 is 2. The molecule has 190 valence electrons. The Balaban J connectivity index is 1.74. The van der Waals surface area contributed by atoms with Crippen molar-refractivity contribution in [2.75, 3.05) is 23.1 Å². The molecule has 4 aromatic rings. The number of fused-ring (bicyclic) bond motifs is 2. The molecule has 0 bridgehead atoms. The maximum absolute atomic E-state index is 12.6. The van der Waals surface area contributed by atoms with E-state index in [-0.39, 0.29) is 47.3 Å². The van der Waals surface area contributed by atoms with Crippen LogP contribution >= 0.6 is 0 Å². The first kappa shape index (κ1) is 24.2. The normalized spacial score (nSPS) is 11.4. The molecule has 0 spiro atoms. The van der Waals surface area contributed by atoms with Gasteiger partial charge >= 0.3 is 11.4 Å². The monoisotopic (exact) mass is 502 g/mol. The molecule has 0 aliphatic heterocycles. The van der Waals surface area contributed by atoms with Crippen LogP contribution in [-0.4, -0.2) is 50.5 Å². The fourth-order valence-electron chi connectivity index (χ4n) is 4.02. The van der Waals surface area contributed by atoms with E-state index in [2.05, 4.69) is 20.5 Å². The lowest BCUT2D eigenvalue weighted by Gasteiger charge is -2.18. The number of nitrogens with zero attached hydrogens (tertiary/aromatic N) is 12. The lowest BCUT2D eigenvalue weighted by atomic mass is 10.5. The first-order valence-electron chi connectivity index (χ1n) is 10.4. The van der Waals surface area contributed by atoms with Crippen molar-refractivity contribution in [3.63, 3.8) is 0 Å². The lowest BCUT2D eigenvalue weighted by molar-refractivity contribution is 0.701. The standard InChI is InChI=1S/C18H22N12O6/c1-23-9-11(25(3)17(33)27(5)13(9)31)19-15(23)29(21-35)7-8-30(22-36)16-20-12-10(24(16)2)14(32)28(6)18(34)26(12)4/h7-8H2,1-6H3. The zero-order valence-electron chi connectivity index (χ0n) is 20.2. The van der Waals surface area contributed by atoms with Crippen LogP contribution in [0.5, 0.6) is 0 Å². The molecule has 0 fully saturated rings. The smallest absolute Gasteiger partial charge is 0.306 e. The van der Waals surface area contributed by atoms with Crippen molar-refractivity contribution in [3.05, 3.63) is 51.5 Å². The molecule has 18 heteroatoms. The Labute approximate surface area is 199 Å². The quantitative estimate of drug-likeness (QED) is 0.200. The summed E-state index contributed by atoms with van der Waals surface area (Å²) < 4.78 is 6.76. The number of imidazole rings is 2. The molecule has 0 saturated carbocycles. The van der Waals surface area contributed by atoms with Gasteiger partial charge in [0, 0.05) is 42.3 Å². The summed E-state index contributed by atoms with van der Waals surface area (Å²) in [6.45, 7) is -0.471. The van der Waals surface area contributed by atoms with Gasteiger partial charge in [-0.15, -0.1) is 9.81 Å². The molecule has 0 radical (unpaired) electrons. The van der Waals surface area contributed by atoms with Gasteiger partial charge in [0.25, 0.3) is 11.1 Å². The van der Waals surface area contributed by atoms with Gasteiger partial charge in [-0.2, -0.15) is 20.0 Å². The zero-order chi connectivity index (χ0) is 26.6. The van der Waals surface area contributed by atoms with Crippen molar-refractivity contribution in [1.29, 1.82) is 0 Å². The van der Waals surface area contributed by atoms with Gasteiger partial charge in [-0.3, -0.25) is 27.9 Å². The van der Waals surface area contributed by atoms with Crippen LogP contribution in [0.4, 0.5) is 11.9 Å². The second-order valence-corrected chi connectivity index (χ2v) is 8.11. The van der Waals surface area contributed by atoms with Gasteiger partial charge in [0.1, 0.15) is 0 Å². The topological polar surface area (TPSA) is 189 Å². The van der Waals surface area contributed by atoms with E-state index in [9.17, 15) is 29.0 Å². The van der Waals surface area contributed by atoms with E-state index in [0.717, 1.165) is 28.3 Å². The highest BCUT2D eigenvalue weighted by atomic mass is 16.3. The van der Waals surface area contributed by atoms with Crippen LogP contribution in [0.1, 0.15) is 0 Å². The molecule has 0 amide bonds. The third kappa shape index (κ3) is 3.25. The Morgan fingerprint density at radius 1 is 0.583 bits per heavy atom. The van der Waals surface area contributed by atoms with E-state index in [1.54, 1.807) is 0 Å². The molecule has 0 atom stereocenters. The lowest BCUT2D eigenvalue weighted by Crippen LogP contribution is -2.37. The number of rotatable bonds is 7. The highest BCUT2D eigenvalue weighted by Gasteiger charge is 2.25. The first-order chi connectivity index (χ1) is 17.0. The van der Waals surface area contributed by atoms with E-state index in [1.807, 2.05) is 0 Å². The van der Waals surface area contributed by atoms with Gasteiger partial charge in [0.05, 0.1) is 23.7 Å². The molecule has 4 aromatic heterocycles. The second kappa shape index (κ2) is 8.40. The maximum atomic E-state index is 12.6. The predicted octanol–water partition coefficient (Wildman–Crippen LogP) is -2.07. The Kier molecular flexibility index (Phi) is 5.65. The SMILES string of the molecule is Cn1c(=O)c2c(nc(N(CCN(N=O)c3nc4c(c(=O)n(C)c(=O)n4C)n3C)N=O)n2C)n(C)c1=O. The maximum Gasteiger partial charge on any atom is 0.332 e. The van der Waals surface area contributed by atoms with Gasteiger partial charge in [-0.25, -0.2) is 9.59 Å². The van der Waals surface area contributed by atoms with Crippen molar-refractivity contribution in [3.8, 4) is 0 Å². The molecule has 18 nitrogen and oxygen atoms in total. The average molecular weight is 502 g/mol. The highest BCUT2D eigenvalue weighted by molar-refractivity contribution is 5.75. The number of aryl methyl sites for hydroxylation is 4. The third-order valence-electron chi connectivity index (χ3n) is 6.09. The summed E-state index contributed by atoms with van der Waals surface area (Å²) in [6, 6.07) is 0. The fourth-order valence-corrected chi connectivity index (χ4v) is 4.02. The predicted molar refractivity (Wildman–Crippen MR) is 129 cm³/mol. The van der Waals surface area contributed by atoms with E-state index in [0.29, 0.717) is 0 Å². The number of hydrogen-bond acceptors (Lipinski definition) is 10. The van der Waals surface area contributed by atoms with Crippen molar-refractivity contribution in [2.45, 2.75) is 0 Å². The van der Waals surface area contributed by atoms with Crippen LogP contribution in [0.3, 0.4) is 0 Å². The molecule has 0 aliphatic carbocycles.